The molecule has 2 rings (SSSR count). The Hall–Kier alpha value is -2.35. The second-order valence-electron chi connectivity index (χ2n) is 8.89. The molecule has 0 aliphatic carbocycles. The van der Waals surface area contributed by atoms with Gasteiger partial charge in [-0.1, -0.05) is 70.2 Å². The van der Waals surface area contributed by atoms with Gasteiger partial charge in [0.25, 0.3) is 0 Å². The van der Waals surface area contributed by atoms with E-state index in [9.17, 15) is 0 Å². The van der Waals surface area contributed by atoms with Crippen LogP contribution in [-0.4, -0.2) is 11.8 Å². The lowest BCUT2D eigenvalue weighted by Gasteiger charge is -2.25. The first-order chi connectivity index (χ1) is 12.7. The molecule has 0 amide bonds. The van der Waals surface area contributed by atoms with Crippen LogP contribution in [0.25, 0.3) is 0 Å². The van der Waals surface area contributed by atoms with E-state index in [2.05, 4.69) is 95.4 Å². The Morgan fingerprint density at radius 2 is 1.63 bits per heavy atom. The number of para-hydroxylation sites is 1. The third kappa shape index (κ3) is 7.82. The van der Waals surface area contributed by atoms with E-state index in [1.807, 2.05) is 24.4 Å². The minimum absolute atomic E-state index is 0.121. The zero-order valence-electron chi connectivity index (χ0n) is 17.7. The van der Waals surface area contributed by atoms with Crippen LogP contribution < -0.4 is 5.32 Å². The van der Waals surface area contributed by atoms with Crippen LogP contribution in [0.1, 0.15) is 47.1 Å². The minimum Gasteiger partial charge on any atom is -0.377 e. The molecule has 0 aliphatic heterocycles. The number of hydrogen-bond donors (Lipinski definition) is 1. The Labute approximate surface area is 165 Å². The predicted molar refractivity (Wildman–Crippen MR) is 120 cm³/mol. The van der Waals surface area contributed by atoms with Gasteiger partial charge < -0.3 is 5.32 Å². The molecule has 0 fully saturated rings. The molecule has 0 bridgehead atoms. The fourth-order valence-electron chi connectivity index (χ4n) is 2.88. The predicted octanol–water partition coefficient (Wildman–Crippen LogP) is 7.06. The topological polar surface area (TPSA) is 24.4 Å². The van der Waals surface area contributed by atoms with Crippen molar-refractivity contribution in [2.75, 3.05) is 5.32 Å². The van der Waals surface area contributed by atoms with Crippen LogP contribution in [0.5, 0.6) is 0 Å². The van der Waals surface area contributed by atoms with Gasteiger partial charge in [0.05, 0.1) is 5.69 Å². The van der Waals surface area contributed by atoms with Crippen molar-refractivity contribution >= 4 is 17.6 Å². The molecule has 2 heteroatoms. The van der Waals surface area contributed by atoms with E-state index in [-0.39, 0.29) is 11.0 Å². The first-order valence-corrected chi connectivity index (χ1v) is 9.83. The largest absolute Gasteiger partial charge is 0.377 e. The maximum Gasteiger partial charge on any atom is 0.0628 e. The molecule has 144 valence electrons. The van der Waals surface area contributed by atoms with Crippen molar-refractivity contribution in [1.82, 2.24) is 0 Å². The van der Waals surface area contributed by atoms with Crippen molar-refractivity contribution in [3.8, 4) is 0 Å². The Bertz CT molecular complexity index is 768. The summed E-state index contributed by atoms with van der Waals surface area (Å²) in [5.74, 6) is 0.656. The first kappa shape index (κ1) is 21.0. The van der Waals surface area contributed by atoms with Crippen molar-refractivity contribution in [2.45, 2.75) is 53.5 Å². The molecule has 0 spiro atoms. The van der Waals surface area contributed by atoms with Gasteiger partial charge in [0, 0.05) is 22.9 Å². The third-order valence-corrected chi connectivity index (χ3v) is 4.27. The van der Waals surface area contributed by atoms with Gasteiger partial charge in [-0.2, -0.15) is 0 Å². The second-order valence-corrected chi connectivity index (χ2v) is 8.89. The highest BCUT2D eigenvalue weighted by molar-refractivity contribution is 5.71. The molecular weight excluding hydrogens is 328 g/mol. The van der Waals surface area contributed by atoms with Crippen molar-refractivity contribution in [3.05, 3.63) is 72.3 Å². The van der Waals surface area contributed by atoms with E-state index in [4.69, 9.17) is 4.99 Å². The summed E-state index contributed by atoms with van der Waals surface area (Å²) < 4.78 is 0. The quantitative estimate of drug-likeness (QED) is 0.394. The zero-order chi connectivity index (χ0) is 19.9. The molecule has 0 radical (unpaired) electrons. The van der Waals surface area contributed by atoms with Gasteiger partial charge in [-0.25, -0.2) is 0 Å². The highest BCUT2D eigenvalue weighted by atomic mass is 15.0. The molecule has 2 nitrogen and oxygen atoms in total. The highest BCUT2D eigenvalue weighted by Gasteiger charge is 2.17. The average Bonchev–Trinajstić information content (AvgIpc) is 2.59. The normalized spacial score (nSPS) is 13.0. The van der Waals surface area contributed by atoms with Gasteiger partial charge >= 0.3 is 0 Å². The van der Waals surface area contributed by atoms with Crippen molar-refractivity contribution in [3.63, 3.8) is 0 Å². The number of nitrogens with one attached hydrogen (secondary N) is 1. The maximum atomic E-state index is 4.73. The van der Waals surface area contributed by atoms with E-state index < -0.39 is 0 Å². The van der Waals surface area contributed by atoms with E-state index >= 15 is 0 Å². The van der Waals surface area contributed by atoms with Crippen molar-refractivity contribution < 1.29 is 0 Å². The molecule has 2 aromatic rings. The molecule has 1 N–H and O–H groups in total. The number of anilines is 1. The third-order valence-electron chi connectivity index (χ3n) is 4.27. The number of aliphatic imine (C=N–C) groups is 1. The highest BCUT2D eigenvalue weighted by Crippen LogP contribution is 2.23. The van der Waals surface area contributed by atoms with Gasteiger partial charge in [-0.15, -0.1) is 0 Å². The molecule has 27 heavy (non-hydrogen) atoms. The standard InChI is InChI=1S/C25H34N2/c1-20(2)17-21-11-10-14-23(18-21)26-19-24(3,4)15-16-25(5,6)27-22-12-8-7-9-13-22/h7-16,18-20,27H,17H2,1-6H3/b16-15+,26-19?. The Morgan fingerprint density at radius 1 is 0.926 bits per heavy atom. The SMILES string of the molecule is CC(C)Cc1cccc(N=CC(C)(C)/C=C/C(C)(C)Nc2ccccc2)c1. The number of benzene rings is 2. The summed E-state index contributed by atoms with van der Waals surface area (Å²) in [5, 5.41) is 3.56. The smallest absolute Gasteiger partial charge is 0.0628 e. The lowest BCUT2D eigenvalue weighted by molar-refractivity contribution is 0.647. The molecule has 0 aromatic heterocycles. The van der Waals surface area contributed by atoms with E-state index in [0.717, 1.165) is 17.8 Å². The molecule has 0 atom stereocenters. The van der Waals surface area contributed by atoms with E-state index in [0.29, 0.717) is 5.92 Å². The van der Waals surface area contributed by atoms with Gasteiger partial charge in [-0.3, -0.25) is 4.99 Å². The molecule has 0 unspecified atom stereocenters. The van der Waals surface area contributed by atoms with Gasteiger partial charge in [0.2, 0.25) is 0 Å². The number of hydrogen-bond acceptors (Lipinski definition) is 2. The number of rotatable bonds is 8. The lowest BCUT2D eigenvalue weighted by atomic mass is 9.91. The fraction of sp³-hybridized carbons (Fsp3) is 0.400. The summed E-state index contributed by atoms with van der Waals surface area (Å²) in [7, 11) is 0. The monoisotopic (exact) mass is 362 g/mol. The first-order valence-electron chi connectivity index (χ1n) is 9.83. The Kier molecular flexibility index (Phi) is 7.01. The summed E-state index contributed by atoms with van der Waals surface area (Å²) in [4.78, 5) is 4.73. The fourth-order valence-corrected chi connectivity index (χ4v) is 2.88. The second kappa shape index (κ2) is 9.03. The van der Waals surface area contributed by atoms with Crippen LogP contribution in [-0.2, 0) is 6.42 Å². The maximum absolute atomic E-state index is 4.73. The van der Waals surface area contributed by atoms with Crippen molar-refractivity contribution in [2.24, 2.45) is 16.3 Å². The summed E-state index contributed by atoms with van der Waals surface area (Å²) in [6.07, 6.45) is 7.58. The minimum atomic E-state index is -0.135. The van der Waals surface area contributed by atoms with Crippen LogP contribution in [0, 0.1) is 11.3 Å². The van der Waals surface area contributed by atoms with Crippen LogP contribution in [0.15, 0.2) is 71.7 Å². The van der Waals surface area contributed by atoms with E-state index in [1.54, 1.807) is 0 Å². The van der Waals surface area contributed by atoms with E-state index in [1.165, 1.54) is 5.56 Å². The summed E-state index contributed by atoms with van der Waals surface area (Å²) in [6.45, 7) is 13.2. The van der Waals surface area contributed by atoms with Crippen LogP contribution in [0.3, 0.4) is 0 Å². The van der Waals surface area contributed by atoms with Crippen LogP contribution in [0.2, 0.25) is 0 Å². The Morgan fingerprint density at radius 3 is 2.30 bits per heavy atom. The molecule has 2 aromatic carbocycles. The van der Waals surface area contributed by atoms with Gasteiger partial charge in [-0.05, 0) is 56.0 Å². The number of allylic oxidation sites excluding steroid dienone is 1. The summed E-state index contributed by atoms with van der Waals surface area (Å²) >= 11 is 0. The molecule has 0 saturated carbocycles. The van der Waals surface area contributed by atoms with Crippen LogP contribution >= 0.6 is 0 Å². The summed E-state index contributed by atoms with van der Waals surface area (Å²) in [6, 6.07) is 18.8. The Balaban J connectivity index is 2.04. The summed E-state index contributed by atoms with van der Waals surface area (Å²) in [5.41, 5.74) is 3.24. The lowest BCUT2D eigenvalue weighted by Crippen LogP contribution is -2.28. The zero-order valence-corrected chi connectivity index (χ0v) is 17.7. The van der Waals surface area contributed by atoms with Gasteiger partial charge in [0.1, 0.15) is 0 Å². The number of nitrogens with zero attached hydrogens (tertiary/aromatic N) is 1. The molecular formula is C25H34N2. The van der Waals surface area contributed by atoms with Gasteiger partial charge in [0.15, 0.2) is 0 Å². The van der Waals surface area contributed by atoms with Crippen LogP contribution in [0.4, 0.5) is 11.4 Å². The molecule has 0 aliphatic rings. The average molecular weight is 363 g/mol. The molecule has 0 saturated heterocycles. The van der Waals surface area contributed by atoms with Crippen molar-refractivity contribution in [1.29, 1.82) is 0 Å². The molecule has 0 heterocycles.